The number of aliphatic imine (C=N–C) groups is 1. The van der Waals surface area contributed by atoms with Gasteiger partial charge < -0.3 is 4.57 Å². The summed E-state index contributed by atoms with van der Waals surface area (Å²) >= 11 is 7.36. The number of thioether (sulfide) groups is 1. The molecule has 154 valence electrons. The molecule has 0 saturated heterocycles. The Bertz CT molecular complexity index is 1320. The lowest BCUT2D eigenvalue weighted by atomic mass is 10.1. The number of nitrogens with one attached hydrogen (secondary N) is 1. The standard InChI is InChI=1S/C23H18ClN5OS/c1-2-20-27-29-21(25)18(22(30)26-23(29)31-20)11-15-13-28(19-6-4-3-5-17(15)19)12-14-7-9-16(24)10-8-14/h3-11,13,25H,2,12H2,1H3/b18-11+,25-21?. The van der Waals surface area contributed by atoms with E-state index in [1.807, 2.05) is 61.7 Å². The van der Waals surface area contributed by atoms with Crippen LogP contribution >= 0.6 is 23.4 Å². The van der Waals surface area contributed by atoms with Crippen molar-refractivity contribution in [3.8, 4) is 0 Å². The van der Waals surface area contributed by atoms with Crippen LogP contribution in [0.2, 0.25) is 5.02 Å². The minimum absolute atomic E-state index is 0.0560. The molecule has 1 amide bonds. The summed E-state index contributed by atoms with van der Waals surface area (Å²) in [6, 6.07) is 15.8. The van der Waals surface area contributed by atoms with Gasteiger partial charge in [-0.05, 0) is 48.0 Å². The van der Waals surface area contributed by atoms with Gasteiger partial charge in [0.2, 0.25) is 5.17 Å². The molecule has 2 aromatic carbocycles. The van der Waals surface area contributed by atoms with E-state index in [4.69, 9.17) is 17.0 Å². The number of hydrazone groups is 1. The maximum absolute atomic E-state index is 12.7. The normalized spacial score (nSPS) is 17.4. The fourth-order valence-corrected chi connectivity index (χ4v) is 4.59. The molecule has 2 aliphatic rings. The highest BCUT2D eigenvalue weighted by Gasteiger charge is 2.35. The molecule has 0 spiro atoms. The number of para-hydroxylation sites is 1. The Labute approximate surface area is 188 Å². The van der Waals surface area contributed by atoms with Crippen molar-refractivity contribution in [2.75, 3.05) is 0 Å². The number of amidine groups is 2. The second-order valence-electron chi connectivity index (χ2n) is 7.22. The summed E-state index contributed by atoms with van der Waals surface area (Å²) in [5.41, 5.74) is 3.27. The number of hydrogen-bond donors (Lipinski definition) is 1. The lowest BCUT2D eigenvalue weighted by Gasteiger charge is -2.20. The lowest BCUT2D eigenvalue weighted by Crippen LogP contribution is -2.35. The highest BCUT2D eigenvalue weighted by atomic mass is 35.5. The molecule has 31 heavy (non-hydrogen) atoms. The molecule has 3 aromatic rings. The average molecular weight is 448 g/mol. The Balaban J connectivity index is 1.56. The molecule has 6 nitrogen and oxygen atoms in total. The van der Waals surface area contributed by atoms with E-state index in [1.54, 1.807) is 6.08 Å². The zero-order valence-corrected chi connectivity index (χ0v) is 18.2. The van der Waals surface area contributed by atoms with Crippen molar-refractivity contribution in [3.05, 3.63) is 76.5 Å². The van der Waals surface area contributed by atoms with Crippen molar-refractivity contribution < 1.29 is 4.79 Å². The quantitative estimate of drug-likeness (QED) is 0.546. The minimum atomic E-state index is -0.411. The summed E-state index contributed by atoms with van der Waals surface area (Å²) in [6.07, 6.45) is 4.49. The molecule has 2 aliphatic heterocycles. The first kappa shape index (κ1) is 19.8. The van der Waals surface area contributed by atoms with Crippen LogP contribution in [0.3, 0.4) is 0 Å². The smallest absolute Gasteiger partial charge is 0.283 e. The largest absolute Gasteiger partial charge is 0.342 e. The molecule has 1 aromatic heterocycles. The van der Waals surface area contributed by atoms with Crippen LogP contribution in [0.25, 0.3) is 17.0 Å². The maximum Gasteiger partial charge on any atom is 0.283 e. The first-order valence-corrected chi connectivity index (χ1v) is 11.0. The third-order valence-electron chi connectivity index (χ3n) is 5.18. The number of carbonyl (C=O) groups excluding carboxylic acids is 1. The summed E-state index contributed by atoms with van der Waals surface area (Å²) in [7, 11) is 0. The Morgan fingerprint density at radius 1 is 1.16 bits per heavy atom. The zero-order chi connectivity index (χ0) is 21.5. The summed E-state index contributed by atoms with van der Waals surface area (Å²) in [6.45, 7) is 2.66. The van der Waals surface area contributed by atoms with E-state index in [0.29, 0.717) is 16.7 Å². The number of rotatable bonds is 4. The Morgan fingerprint density at radius 2 is 1.94 bits per heavy atom. The van der Waals surface area contributed by atoms with Gasteiger partial charge in [-0.15, -0.1) is 0 Å². The molecule has 0 radical (unpaired) electrons. The van der Waals surface area contributed by atoms with E-state index in [9.17, 15) is 4.79 Å². The summed E-state index contributed by atoms with van der Waals surface area (Å²) in [5.74, 6) is -0.355. The lowest BCUT2D eigenvalue weighted by molar-refractivity contribution is -0.114. The van der Waals surface area contributed by atoms with Crippen molar-refractivity contribution >= 4 is 62.3 Å². The minimum Gasteiger partial charge on any atom is -0.342 e. The predicted octanol–water partition coefficient (Wildman–Crippen LogP) is 5.37. The van der Waals surface area contributed by atoms with Gasteiger partial charge in [0.1, 0.15) is 5.04 Å². The first-order chi connectivity index (χ1) is 15.0. The van der Waals surface area contributed by atoms with E-state index >= 15 is 0 Å². The fourth-order valence-electron chi connectivity index (χ4n) is 3.64. The first-order valence-electron chi connectivity index (χ1n) is 9.85. The van der Waals surface area contributed by atoms with Crippen molar-refractivity contribution in [2.45, 2.75) is 19.9 Å². The van der Waals surface area contributed by atoms with E-state index in [1.165, 1.54) is 16.8 Å². The molecule has 1 N–H and O–H groups in total. The second-order valence-corrected chi connectivity index (χ2v) is 8.70. The van der Waals surface area contributed by atoms with Gasteiger partial charge in [0.25, 0.3) is 5.91 Å². The highest BCUT2D eigenvalue weighted by Crippen LogP contribution is 2.31. The summed E-state index contributed by atoms with van der Waals surface area (Å²) in [4.78, 5) is 16.9. The summed E-state index contributed by atoms with van der Waals surface area (Å²) in [5, 5.41) is 17.4. The van der Waals surface area contributed by atoms with E-state index in [0.717, 1.165) is 33.5 Å². The predicted molar refractivity (Wildman–Crippen MR) is 128 cm³/mol. The SMILES string of the molecule is CCC1=NN2C(=N)/C(=C\c3cn(Cc4ccc(Cl)cc4)c4ccccc34)C(=O)N=C2S1. The second kappa shape index (κ2) is 7.83. The number of hydrogen-bond acceptors (Lipinski definition) is 4. The van der Waals surface area contributed by atoms with Gasteiger partial charge in [-0.2, -0.15) is 15.1 Å². The Kier molecular flexibility index (Phi) is 5.00. The fraction of sp³-hybridized carbons (Fsp3) is 0.130. The van der Waals surface area contributed by atoms with Crippen molar-refractivity contribution in [1.29, 1.82) is 5.41 Å². The van der Waals surface area contributed by atoms with Crippen LogP contribution in [-0.4, -0.2) is 31.5 Å². The van der Waals surface area contributed by atoms with Gasteiger partial charge in [0.05, 0.1) is 5.57 Å². The van der Waals surface area contributed by atoms with E-state index in [2.05, 4.69) is 14.7 Å². The van der Waals surface area contributed by atoms with Crippen LogP contribution in [0.4, 0.5) is 0 Å². The zero-order valence-electron chi connectivity index (χ0n) is 16.7. The molecule has 3 heterocycles. The van der Waals surface area contributed by atoms with Gasteiger partial charge >= 0.3 is 0 Å². The molecule has 5 rings (SSSR count). The molecule has 0 atom stereocenters. The number of halogens is 1. The van der Waals surface area contributed by atoms with Crippen molar-refractivity contribution in [3.63, 3.8) is 0 Å². The van der Waals surface area contributed by atoms with Crippen molar-refractivity contribution in [2.24, 2.45) is 10.1 Å². The molecule has 0 bridgehead atoms. The van der Waals surface area contributed by atoms with Crippen molar-refractivity contribution in [1.82, 2.24) is 9.58 Å². The van der Waals surface area contributed by atoms with E-state index < -0.39 is 5.91 Å². The van der Waals surface area contributed by atoms with Gasteiger partial charge in [-0.3, -0.25) is 10.2 Å². The van der Waals surface area contributed by atoms with Crippen LogP contribution in [0.5, 0.6) is 0 Å². The Hall–Kier alpha value is -3.16. The van der Waals surface area contributed by atoms with Gasteiger partial charge in [0, 0.05) is 34.2 Å². The van der Waals surface area contributed by atoms with Gasteiger partial charge in [-0.1, -0.05) is 48.9 Å². The number of carbonyl (C=O) groups is 1. The highest BCUT2D eigenvalue weighted by molar-refractivity contribution is 8.26. The van der Waals surface area contributed by atoms with Crippen LogP contribution in [-0.2, 0) is 11.3 Å². The number of benzene rings is 2. The summed E-state index contributed by atoms with van der Waals surface area (Å²) < 4.78 is 2.13. The van der Waals surface area contributed by atoms with Gasteiger partial charge in [-0.25, -0.2) is 0 Å². The van der Waals surface area contributed by atoms with Crippen LogP contribution in [0.1, 0.15) is 24.5 Å². The Morgan fingerprint density at radius 3 is 2.71 bits per heavy atom. The maximum atomic E-state index is 12.7. The van der Waals surface area contributed by atoms with Gasteiger partial charge in [0.15, 0.2) is 5.84 Å². The number of amides is 1. The van der Waals surface area contributed by atoms with Crippen LogP contribution in [0, 0.1) is 5.41 Å². The third-order valence-corrected chi connectivity index (χ3v) is 6.49. The number of fused-ring (bicyclic) bond motifs is 2. The topological polar surface area (TPSA) is 73.8 Å². The molecule has 0 aliphatic carbocycles. The van der Waals surface area contributed by atoms with E-state index in [-0.39, 0.29) is 11.4 Å². The molecule has 0 fully saturated rings. The molecular formula is C23H18ClN5OS. The van der Waals surface area contributed by atoms with Crippen LogP contribution < -0.4 is 0 Å². The molecule has 0 unspecified atom stereocenters. The number of aromatic nitrogens is 1. The molecular weight excluding hydrogens is 430 g/mol. The molecule has 0 saturated carbocycles. The monoisotopic (exact) mass is 447 g/mol. The average Bonchev–Trinajstić information content (AvgIpc) is 3.34. The molecule has 8 heteroatoms. The third kappa shape index (κ3) is 3.60. The van der Waals surface area contributed by atoms with Crippen LogP contribution in [0.15, 0.2) is 70.4 Å². The number of nitrogens with zero attached hydrogens (tertiary/aromatic N) is 4.